The van der Waals surface area contributed by atoms with Crippen LogP contribution in [0.15, 0.2) is 54.1 Å². The summed E-state index contributed by atoms with van der Waals surface area (Å²) >= 11 is 0. The van der Waals surface area contributed by atoms with Gasteiger partial charge < -0.3 is 14.5 Å². The Hall–Kier alpha value is -2.59. The van der Waals surface area contributed by atoms with Crippen molar-refractivity contribution in [2.75, 3.05) is 33.2 Å². The van der Waals surface area contributed by atoms with E-state index in [4.69, 9.17) is 4.74 Å². The van der Waals surface area contributed by atoms with Gasteiger partial charge in [0.25, 0.3) is 0 Å². The van der Waals surface area contributed by atoms with Crippen LogP contribution in [0.25, 0.3) is 5.57 Å². The molecule has 0 aromatic heterocycles. The lowest BCUT2D eigenvalue weighted by Gasteiger charge is -2.32. The van der Waals surface area contributed by atoms with Crippen molar-refractivity contribution in [1.82, 2.24) is 9.80 Å². The molecule has 2 aromatic rings. The first-order chi connectivity index (χ1) is 13.1. The van der Waals surface area contributed by atoms with Gasteiger partial charge in [0.1, 0.15) is 12.4 Å². The van der Waals surface area contributed by atoms with Gasteiger partial charge in [-0.2, -0.15) is 0 Å². The van der Waals surface area contributed by atoms with Gasteiger partial charge in [-0.25, -0.2) is 0 Å². The van der Waals surface area contributed by atoms with Crippen molar-refractivity contribution in [3.05, 3.63) is 70.8 Å². The fourth-order valence-electron chi connectivity index (χ4n) is 3.81. The molecule has 0 N–H and O–H groups in total. The highest BCUT2D eigenvalue weighted by molar-refractivity contribution is 6.03. The summed E-state index contributed by atoms with van der Waals surface area (Å²) in [5, 5.41) is 0. The van der Waals surface area contributed by atoms with Gasteiger partial charge in [-0.15, -0.1) is 0 Å². The van der Waals surface area contributed by atoms with Crippen LogP contribution in [0.2, 0.25) is 0 Å². The predicted octanol–water partition coefficient (Wildman–Crippen LogP) is 3.37. The number of hydrogen-bond acceptors (Lipinski definition) is 3. The molecule has 0 radical (unpaired) electrons. The Bertz CT molecular complexity index is 865. The second-order valence-corrected chi connectivity index (χ2v) is 7.47. The molecular formula is C23H26N2O2. The first-order valence-corrected chi connectivity index (χ1v) is 9.59. The highest BCUT2D eigenvalue weighted by atomic mass is 16.5. The van der Waals surface area contributed by atoms with Crippen LogP contribution in [0.5, 0.6) is 5.75 Å². The number of piperazine rings is 1. The molecular weight excluding hydrogens is 336 g/mol. The number of allylic oxidation sites excluding steroid dienone is 1. The Labute approximate surface area is 161 Å². The van der Waals surface area contributed by atoms with Gasteiger partial charge in [0.2, 0.25) is 5.91 Å². The number of fused-ring (bicyclic) bond motifs is 1. The Balaban J connectivity index is 1.48. The molecule has 4 heteroatoms. The van der Waals surface area contributed by atoms with Crippen LogP contribution in [0.4, 0.5) is 0 Å². The summed E-state index contributed by atoms with van der Waals surface area (Å²) in [6, 6.07) is 16.4. The number of rotatable bonds is 4. The fraction of sp³-hybridized carbons (Fsp3) is 0.348. The van der Waals surface area contributed by atoms with Crippen LogP contribution in [0, 0.1) is 0 Å². The molecule has 140 valence electrons. The minimum absolute atomic E-state index is 0.198. The first kappa shape index (κ1) is 17.8. The quantitative estimate of drug-likeness (QED) is 0.836. The summed E-state index contributed by atoms with van der Waals surface area (Å²) in [5.74, 6) is 1.05. The average Bonchev–Trinajstić information content (AvgIpc) is 3.03. The van der Waals surface area contributed by atoms with Crippen molar-refractivity contribution < 1.29 is 9.53 Å². The molecule has 0 bridgehead atoms. The van der Waals surface area contributed by atoms with E-state index in [1.54, 1.807) is 0 Å². The molecule has 0 unspecified atom stereocenters. The molecule has 1 saturated heterocycles. The summed E-state index contributed by atoms with van der Waals surface area (Å²) in [6.45, 7) is 6.14. The number of amides is 1. The fourth-order valence-corrected chi connectivity index (χ4v) is 3.81. The highest BCUT2D eigenvalue weighted by Gasteiger charge is 2.28. The third-order valence-corrected chi connectivity index (χ3v) is 5.60. The molecule has 2 aromatic carbocycles. The number of hydrogen-bond donors (Lipinski definition) is 0. The van der Waals surface area contributed by atoms with E-state index in [2.05, 4.69) is 43.1 Å². The molecule has 1 aliphatic carbocycles. The molecule has 1 aliphatic heterocycles. The third-order valence-electron chi connectivity index (χ3n) is 5.60. The Morgan fingerprint density at radius 1 is 1.04 bits per heavy atom. The SMILES string of the molecule is CC1=C(C(=O)N2CCN(C)CC2)Cc2ccc(OCc3ccccc3)cc21. The lowest BCUT2D eigenvalue weighted by molar-refractivity contribution is -0.128. The molecule has 4 nitrogen and oxygen atoms in total. The van der Waals surface area contributed by atoms with Crippen LogP contribution in [-0.4, -0.2) is 48.9 Å². The van der Waals surface area contributed by atoms with Gasteiger partial charge >= 0.3 is 0 Å². The standard InChI is InChI=1S/C23H26N2O2/c1-17-21-15-20(27-16-18-6-4-3-5-7-18)9-8-19(21)14-22(17)23(26)25-12-10-24(2)11-13-25/h3-9,15H,10-14,16H2,1-2H3. The molecule has 1 fully saturated rings. The van der Waals surface area contributed by atoms with Crippen molar-refractivity contribution in [3.63, 3.8) is 0 Å². The zero-order valence-corrected chi connectivity index (χ0v) is 16.1. The van der Waals surface area contributed by atoms with Gasteiger partial charge in [0.05, 0.1) is 0 Å². The second-order valence-electron chi connectivity index (χ2n) is 7.47. The number of likely N-dealkylation sites (N-methyl/N-ethyl adjacent to an activating group) is 1. The van der Waals surface area contributed by atoms with Crippen molar-refractivity contribution in [3.8, 4) is 5.75 Å². The molecule has 4 rings (SSSR count). The number of nitrogens with zero attached hydrogens (tertiary/aromatic N) is 2. The molecule has 1 heterocycles. The van der Waals surface area contributed by atoms with E-state index in [9.17, 15) is 4.79 Å². The number of ether oxygens (including phenoxy) is 1. The monoisotopic (exact) mass is 362 g/mol. The van der Waals surface area contributed by atoms with Gasteiger partial charge in [-0.1, -0.05) is 36.4 Å². The summed E-state index contributed by atoms with van der Waals surface area (Å²) < 4.78 is 5.97. The summed E-state index contributed by atoms with van der Waals surface area (Å²) in [7, 11) is 2.11. The van der Waals surface area contributed by atoms with Gasteiger partial charge in [-0.3, -0.25) is 4.79 Å². The third kappa shape index (κ3) is 3.76. The largest absolute Gasteiger partial charge is 0.489 e. The van der Waals surface area contributed by atoms with E-state index >= 15 is 0 Å². The molecule has 2 aliphatic rings. The molecule has 1 amide bonds. The minimum Gasteiger partial charge on any atom is -0.489 e. The summed E-state index contributed by atoms with van der Waals surface area (Å²) in [5.41, 5.74) is 5.56. The van der Waals surface area contributed by atoms with Crippen LogP contribution >= 0.6 is 0 Å². The average molecular weight is 362 g/mol. The maximum Gasteiger partial charge on any atom is 0.250 e. The Kier molecular flexibility index (Phi) is 4.99. The Morgan fingerprint density at radius 3 is 2.52 bits per heavy atom. The molecule has 0 atom stereocenters. The normalized spacial score (nSPS) is 17.2. The van der Waals surface area contributed by atoms with E-state index in [1.807, 2.05) is 29.2 Å². The molecule has 0 saturated carbocycles. The first-order valence-electron chi connectivity index (χ1n) is 9.59. The van der Waals surface area contributed by atoms with Crippen molar-refractivity contribution >= 4 is 11.5 Å². The Morgan fingerprint density at radius 2 is 1.78 bits per heavy atom. The smallest absolute Gasteiger partial charge is 0.250 e. The highest BCUT2D eigenvalue weighted by Crippen LogP contribution is 2.36. The van der Waals surface area contributed by atoms with Crippen molar-refractivity contribution in [2.24, 2.45) is 0 Å². The van der Waals surface area contributed by atoms with E-state index in [0.29, 0.717) is 6.61 Å². The zero-order chi connectivity index (χ0) is 18.8. The number of carbonyl (C=O) groups is 1. The van der Waals surface area contributed by atoms with Crippen LogP contribution in [0.1, 0.15) is 23.6 Å². The lowest BCUT2D eigenvalue weighted by atomic mass is 10.1. The number of benzene rings is 2. The van der Waals surface area contributed by atoms with Crippen LogP contribution in [-0.2, 0) is 17.8 Å². The lowest BCUT2D eigenvalue weighted by Crippen LogP contribution is -2.47. The van der Waals surface area contributed by atoms with Gasteiger partial charge in [0.15, 0.2) is 0 Å². The van der Waals surface area contributed by atoms with Crippen molar-refractivity contribution in [2.45, 2.75) is 20.0 Å². The number of carbonyl (C=O) groups excluding carboxylic acids is 1. The second kappa shape index (κ2) is 7.57. The van der Waals surface area contributed by atoms with E-state index in [0.717, 1.165) is 60.6 Å². The van der Waals surface area contributed by atoms with E-state index < -0.39 is 0 Å². The van der Waals surface area contributed by atoms with E-state index in [-0.39, 0.29) is 5.91 Å². The topological polar surface area (TPSA) is 32.8 Å². The van der Waals surface area contributed by atoms with E-state index in [1.165, 1.54) is 5.56 Å². The van der Waals surface area contributed by atoms with Gasteiger partial charge in [-0.05, 0) is 48.4 Å². The summed E-state index contributed by atoms with van der Waals surface area (Å²) in [6.07, 6.45) is 0.727. The van der Waals surface area contributed by atoms with Crippen LogP contribution in [0.3, 0.4) is 0 Å². The maximum absolute atomic E-state index is 13.0. The maximum atomic E-state index is 13.0. The molecule has 0 spiro atoms. The van der Waals surface area contributed by atoms with Gasteiger partial charge in [0, 0.05) is 38.2 Å². The minimum atomic E-state index is 0.198. The zero-order valence-electron chi connectivity index (χ0n) is 16.1. The molecule has 27 heavy (non-hydrogen) atoms. The predicted molar refractivity (Wildman–Crippen MR) is 108 cm³/mol. The van der Waals surface area contributed by atoms with Crippen molar-refractivity contribution in [1.29, 1.82) is 0 Å². The van der Waals surface area contributed by atoms with Crippen LogP contribution < -0.4 is 4.74 Å². The summed E-state index contributed by atoms with van der Waals surface area (Å²) in [4.78, 5) is 17.3.